The van der Waals surface area contributed by atoms with Crippen molar-refractivity contribution in [2.24, 2.45) is 0 Å². The van der Waals surface area contributed by atoms with Gasteiger partial charge in [0.15, 0.2) is 11.5 Å². The van der Waals surface area contributed by atoms with Crippen LogP contribution in [-0.4, -0.2) is 40.5 Å². The molecule has 0 saturated heterocycles. The number of rotatable bonds is 8. The molecule has 0 spiro atoms. The summed E-state index contributed by atoms with van der Waals surface area (Å²) >= 11 is 0. The zero-order chi connectivity index (χ0) is 18.9. The van der Waals surface area contributed by atoms with Gasteiger partial charge in [-0.25, -0.2) is 4.79 Å². The molecular formula is C19H24N2O5. The minimum atomic E-state index is -0.355. The van der Waals surface area contributed by atoms with E-state index in [0.717, 1.165) is 11.3 Å². The molecular weight excluding hydrogens is 336 g/mol. The first-order valence-corrected chi connectivity index (χ1v) is 8.11. The van der Waals surface area contributed by atoms with Crippen molar-refractivity contribution in [2.45, 2.75) is 6.92 Å². The molecule has 0 aliphatic heterocycles. The maximum Gasteiger partial charge on any atom is 0.319 e. The predicted octanol–water partition coefficient (Wildman–Crippen LogP) is 3.22. The first-order valence-electron chi connectivity index (χ1n) is 8.11. The number of urea groups is 1. The van der Waals surface area contributed by atoms with E-state index in [4.69, 9.17) is 18.9 Å². The van der Waals surface area contributed by atoms with Crippen molar-refractivity contribution < 1.29 is 23.7 Å². The third kappa shape index (κ3) is 5.20. The molecule has 7 heteroatoms. The minimum absolute atomic E-state index is 0.355. The van der Waals surface area contributed by atoms with Crippen LogP contribution in [0.5, 0.6) is 23.0 Å². The number of ether oxygens (including phenoxy) is 4. The van der Waals surface area contributed by atoms with Crippen molar-refractivity contribution in [3.8, 4) is 23.0 Å². The Morgan fingerprint density at radius 1 is 1.00 bits per heavy atom. The van der Waals surface area contributed by atoms with Gasteiger partial charge in [-0.1, -0.05) is 12.1 Å². The van der Waals surface area contributed by atoms with Crippen LogP contribution >= 0.6 is 0 Å². The van der Waals surface area contributed by atoms with Crippen LogP contribution in [0.3, 0.4) is 0 Å². The van der Waals surface area contributed by atoms with Crippen LogP contribution in [0.25, 0.3) is 0 Å². The van der Waals surface area contributed by atoms with Gasteiger partial charge in [-0.2, -0.15) is 0 Å². The number of methoxy groups -OCH3 is 3. The number of anilines is 1. The van der Waals surface area contributed by atoms with Crippen molar-refractivity contribution in [2.75, 3.05) is 39.8 Å². The zero-order valence-electron chi connectivity index (χ0n) is 15.4. The molecule has 26 heavy (non-hydrogen) atoms. The molecule has 0 radical (unpaired) electrons. The normalized spacial score (nSPS) is 10.0. The van der Waals surface area contributed by atoms with Crippen molar-refractivity contribution in [3.05, 3.63) is 42.0 Å². The molecule has 0 atom stereocenters. The topological polar surface area (TPSA) is 78.1 Å². The van der Waals surface area contributed by atoms with E-state index in [9.17, 15) is 4.79 Å². The molecule has 0 heterocycles. The predicted molar refractivity (Wildman–Crippen MR) is 99.8 cm³/mol. The number of hydrogen-bond acceptors (Lipinski definition) is 5. The number of carbonyl (C=O) groups excluding carboxylic acids is 1. The minimum Gasteiger partial charge on any atom is -0.493 e. The third-order valence-electron chi connectivity index (χ3n) is 3.57. The smallest absolute Gasteiger partial charge is 0.319 e. The average molecular weight is 360 g/mol. The Morgan fingerprint density at radius 2 is 1.69 bits per heavy atom. The summed E-state index contributed by atoms with van der Waals surface area (Å²) in [5, 5.41) is 5.46. The number of amides is 2. The summed E-state index contributed by atoms with van der Waals surface area (Å²) in [5.74, 6) is 2.17. The monoisotopic (exact) mass is 360 g/mol. The highest BCUT2D eigenvalue weighted by Crippen LogP contribution is 2.39. The summed E-state index contributed by atoms with van der Waals surface area (Å²) in [6.45, 7) is 2.73. The molecule has 2 rings (SSSR count). The second kappa shape index (κ2) is 9.41. The van der Waals surface area contributed by atoms with E-state index in [1.54, 1.807) is 12.1 Å². The fraction of sp³-hybridized carbons (Fsp3) is 0.316. The maximum absolute atomic E-state index is 12.0. The summed E-state index contributed by atoms with van der Waals surface area (Å²) in [5.41, 5.74) is 1.65. The molecule has 0 unspecified atom stereocenters. The highest BCUT2D eigenvalue weighted by Gasteiger charge is 2.14. The molecule has 0 aliphatic rings. The molecule has 2 aromatic carbocycles. The Morgan fingerprint density at radius 3 is 2.27 bits per heavy atom. The molecule has 0 bridgehead atoms. The second-order valence-corrected chi connectivity index (χ2v) is 5.46. The number of carbonyl (C=O) groups is 1. The fourth-order valence-electron chi connectivity index (χ4n) is 2.37. The van der Waals surface area contributed by atoms with Crippen molar-refractivity contribution in [3.63, 3.8) is 0 Å². The van der Waals surface area contributed by atoms with Gasteiger partial charge in [-0.05, 0) is 24.6 Å². The lowest BCUT2D eigenvalue weighted by molar-refractivity contribution is 0.247. The molecule has 0 saturated carbocycles. The molecule has 7 nitrogen and oxygen atoms in total. The van der Waals surface area contributed by atoms with E-state index in [-0.39, 0.29) is 6.03 Å². The lowest BCUT2D eigenvalue weighted by atomic mass is 10.2. The summed E-state index contributed by atoms with van der Waals surface area (Å²) in [6.07, 6.45) is 0. The number of benzene rings is 2. The lowest BCUT2D eigenvalue weighted by Crippen LogP contribution is -2.32. The Kier molecular flexibility index (Phi) is 6.96. The van der Waals surface area contributed by atoms with Crippen LogP contribution in [-0.2, 0) is 0 Å². The molecule has 0 fully saturated rings. The Bertz CT molecular complexity index is 723. The summed E-state index contributed by atoms with van der Waals surface area (Å²) in [4.78, 5) is 12.0. The highest BCUT2D eigenvalue weighted by molar-refractivity contribution is 5.90. The van der Waals surface area contributed by atoms with E-state index in [2.05, 4.69) is 10.6 Å². The van der Waals surface area contributed by atoms with Crippen molar-refractivity contribution in [1.29, 1.82) is 0 Å². The summed E-state index contributed by atoms with van der Waals surface area (Å²) < 4.78 is 21.4. The standard InChI is InChI=1S/C19H24N2O5/c1-13-6-5-7-15(10-13)26-9-8-20-19(22)21-14-11-16(23-2)18(25-4)17(12-14)24-3/h5-7,10-12H,8-9H2,1-4H3,(H2,20,21,22). The average Bonchev–Trinajstić information content (AvgIpc) is 2.64. The van der Waals surface area contributed by atoms with Gasteiger partial charge in [0.05, 0.1) is 33.6 Å². The Labute approximate surface area is 153 Å². The largest absolute Gasteiger partial charge is 0.493 e. The van der Waals surface area contributed by atoms with Crippen LogP contribution in [0, 0.1) is 6.92 Å². The Balaban J connectivity index is 1.87. The third-order valence-corrected chi connectivity index (χ3v) is 3.57. The van der Waals surface area contributed by atoms with Crippen LogP contribution in [0.1, 0.15) is 5.56 Å². The van der Waals surface area contributed by atoms with Gasteiger partial charge < -0.3 is 29.6 Å². The number of aryl methyl sites for hydroxylation is 1. The van der Waals surface area contributed by atoms with Crippen LogP contribution in [0.15, 0.2) is 36.4 Å². The summed E-state index contributed by atoms with van der Waals surface area (Å²) in [6, 6.07) is 10.7. The van der Waals surface area contributed by atoms with Gasteiger partial charge in [0, 0.05) is 12.1 Å². The van der Waals surface area contributed by atoms with E-state index in [1.807, 2.05) is 31.2 Å². The van der Waals surface area contributed by atoms with E-state index >= 15 is 0 Å². The number of nitrogens with one attached hydrogen (secondary N) is 2. The second-order valence-electron chi connectivity index (χ2n) is 5.46. The first kappa shape index (κ1) is 19.2. The van der Waals surface area contributed by atoms with Gasteiger partial charge in [0.2, 0.25) is 5.75 Å². The Hall–Kier alpha value is -3.09. The van der Waals surface area contributed by atoms with Crippen LogP contribution in [0.4, 0.5) is 10.5 Å². The summed E-state index contributed by atoms with van der Waals surface area (Å²) in [7, 11) is 4.56. The first-order chi connectivity index (χ1) is 12.6. The van der Waals surface area contributed by atoms with Crippen molar-refractivity contribution >= 4 is 11.7 Å². The van der Waals surface area contributed by atoms with Gasteiger partial charge in [-0.3, -0.25) is 0 Å². The molecule has 2 amide bonds. The molecule has 140 valence electrons. The van der Waals surface area contributed by atoms with Crippen molar-refractivity contribution in [1.82, 2.24) is 5.32 Å². The molecule has 0 aromatic heterocycles. The van der Waals surface area contributed by atoms with Crippen LogP contribution < -0.4 is 29.6 Å². The fourth-order valence-corrected chi connectivity index (χ4v) is 2.37. The van der Waals surface area contributed by atoms with Gasteiger partial charge >= 0.3 is 6.03 Å². The molecule has 2 aromatic rings. The maximum atomic E-state index is 12.0. The van der Waals surface area contributed by atoms with Gasteiger partial charge in [0.1, 0.15) is 12.4 Å². The van der Waals surface area contributed by atoms with E-state index < -0.39 is 0 Å². The number of hydrogen-bond donors (Lipinski definition) is 2. The van der Waals surface area contributed by atoms with E-state index in [0.29, 0.717) is 36.1 Å². The van der Waals surface area contributed by atoms with Gasteiger partial charge in [0.25, 0.3) is 0 Å². The highest BCUT2D eigenvalue weighted by atomic mass is 16.5. The van der Waals surface area contributed by atoms with Crippen LogP contribution in [0.2, 0.25) is 0 Å². The SMILES string of the molecule is COc1cc(NC(=O)NCCOc2cccc(C)c2)cc(OC)c1OC. The lowest BCUT2D eigenvalue weighted by Gasteiger charge is -2.15. The van der Waals surface area contributed by atoms with Gasteiger partial charge in [-0.15, -0.1) is 0 Å². The zero-order valence-corrected chi connectivity index (χ0v) is 15.4. The molecule has 2 N–H and O–H groups in total. The quantitative estimate of drug-likeness (QED) is 0.707. The molecule has 0 aliphatic carbocycles. The van der Waals surface area contributed by atoms with E-state index in [1.165, 1.54) is 21.3 Å².